The molecule has 0 aliphatic carbocycles. The molecule has 2 unspecified atom stereocenters. The molecule has 1 amide bonds. The van der Waals surface area contributed by atoms with Crippen molar-refractivity contribution in [3.8, 4) is 0 Å². The molecule has 1 fully saturated rings. The molecule has 0 spiro atoms. The van der Waals surface area contributed by atoms with Crippen LogP contribution in [0.1, 0.15) is 35.6 Å². The molecule has 1 saturated heterocycles. The highest BCUT2D eigenvalue weighted by Crippen LogP contribution is 2.24. The highest BCUT2D eigenvalue weighted by molar-refractivity contribution is 5.80. The third-order valence-electron chi connectivity index (χ3n) is 4.83. The number of hydrogen-bond donors (Lipinski definition) is 1. The molecule has 1 aliphatic rings. The maximum atomic E-state index is 12.8. The molecule has 1 heterocycles. The van der Waals surface area contributed by atoms with Gasteiger partial charge in [0.2, 0.25) is 5.91 Å². The summed E-state index contributed by atoms with van der Waals surface area (Å²) in [6, 6.07) is 18.6. The zero-order valence-corrected chi connectivity index (χ0v) is 14.5. The Bertz CT molecular complexity index is 666. The standard InChI is InChI=1S/C21H26N2O/c1-16-10-12-18(13-11-16)20(17-7-4-3-5-8-17)22-21(24)19-9-6-14-23(2)15-19/h3-5,7-8,10-13,19-20H,6,9,14-15H2,1-2H3,(H,22,24). The van der Waals surface area contributed by atoms with Crippen molar-refractivity contribution in [3.05, 3.63) is 71.3 Å². The van der Waals surface area contributed by atoms with E-state index < -0.39 is 0 Å². The predicted molar refractivity (Wildman–Crippen MR) is 97.8 cm³/mol. The van der Waals surface area contributed by atoms with E-state index in [1.165, 1.54) is 5.56 Å². The summed E-state index contributed by atoms with van der Waals surface area (Å²) >= 11 is 0. The fraction of sp³-hybridized carbons (Fsp3) is 0.381. The van der Waals surface area contributed by atoms with Gasteiger partial charge < -0.3 is 10.2 Å². The van der Waals surface area contributed by atoms with Gasteiger partial charge in [0.15, 0.2) is 0 Å². The van der Waals surface area contributed by atoms with Crippen LogP contribution in [0.25, 0.3) is 0 Å². The zero-order valence-electron chi connectivity index (χ0n) is 14.5. The van der Waals surface area contributed by atoms with Crippen molar-refractivity contribution in [1.29, 1.82) is 0 Å². The molecular formula is C21H26N2O. The lowest BCUT2D eigenvalue weighted by atomic mass is 9.94. The number of nitrogens with zero attached hydrogens (tertiary/aromatic N) is 1. The first-order valence-corrected chi connectivity index (χ1v) is 8.74. The Labute approximate surface area is 144 Å². The fourth-order valence-electron chi connectivity index (χ4n) is 3.40. The average molecular weight is 322 g/mol. The van der Waals surface area contributed by atoms with Gasteiger partial charge in [-0.2, -0.15) is 0 Å². The van der Waals surface area contributed by atoms with Crippen LogP contribution in [0.2, 0.25) is 0 Å². The minimum Gasteiger partial charge on any atom is -0.345 e. The number of hydrogen-bond acceptors (Lipinski definition) is 2. The van der Waals surface area contributed by atoms with Crippen LogP contribution in [0.5, 0.6) is 0 Å². The molecule has 2 aromatic rings. The van der Waals surface area contributed by atoms with E-state index in [1.807, 2.05) is 18.2 Å². The van der Waals surface area contributed by atoms with Crippen LogP contribution in [0.4, 0.5) is 0 Å². The number of carbonyl (C=O) groups is 1. The first-order valence-electron chi connectivity index (χ1n) is 8.74. The molecule has 0 radical (unpaired) electrons. The molecular weight excluding hydrogens is 296 g/mol. The second-order valence-corrected chi connectivity index (χ2v) is 6.86. The van der Waals surface area contributed by atoms with Gasteiger partial charge in [0, 0.05) is 6.54 Å². The van der Waals surface area contributed by atoms with E-state index in [9.17, 15) is 4.79 Å². The van der Waals surface area contributed by atoms with Gasteiger partial charge in [0.05, 0.1) is 12.0 Å². The first kappa shape index (κ1) is 16.7. The molecule has 3 nitrogen and oxygen atoms in total. The van der Waals surface area contributed by atoms with Crippen LogP contribution in [-0.2, 0) is 4.79 Å². The van der Waals surface area contributed by atoms with Crippen LogP contribution in [0.15, 0.2) is 54.6 Å². The Morgan fingerprint density at radius 1 is 1.08 bits per heavy atom. The summed E-state index contributed by atoms with van der Waals surface area (Å²) in [6.45, 7) is 4.02. The number of rotatable bonds is 4. The van der Waals surface area contributed by atoms with E-state index in [4.69, 9.17) is 0 Å². The predicted octanol–water partition coefficient (Wildman–Crippen LogP) is 3.54. The number of carbonyl (C=O) groups excluding carboxylic acids is 1. The number of piperidine rings is 1. The molecule has 2 aromatic carbocycles. The fourth-order valence-corrected chi connectivity index (χ4v) is 3.40. The smallest absolute Gasteiger partial charge is 0.225 e. The summed E-state index contributed by atoms with van der Waals surface area (Å²) in [5.74, 6) is 0.247. The summed E-state index contributed by atoms with van der Waals surface area (Å²) in [5.41, 5.74) is 3.48. The highest BCUT2D eigenvalue weighted by Gasteiger charge is 2.26. The summed E-state index contributed by atoms with van der Waals surface area (Å²) in [7, 11) is 2.09. The maximum Gasteiger partial charge on any atom is 0.225 e. The molecule has 3 rings (SSSR count). The Morgan fingerprint density at radius 2 is 1.75 bits per heavy atom. The highest BCUT2D eigenvalue weighted by atomic mass is 16.2. The van der Waals surface area contributed by atoms with Crippen molar-refractivity contribution in [2.24, 2.45) is 5.92 Å². The van der Waals surface area contributed by atoms with E-state index in [0.29, 0.717) is 0 Å². The second kappa shape index (κ2) is 7.63. The summed E-state index contributed by atoms with van der Waals surface area (Å²) in [4.78, 5) is 15.1. The SMILES string of the molecule is Cc1ccc(C(NC(=O)C2CCCN(C)C2)c2ccccc2)cc1. The Hall–Kier alpha value is -2.13. The topological polar surface area (TPSA) is 32.3 Å². The number of aryl methyl sites for hydroxylation is 1. The molecule has 1 N–H and O–H groups in total. The third-order valence-corrected chi connectivity index (χ3v) is 4.83. The Balaban J connectivity index is 1.82. The van der Waals surface area contributed by atoms with Gasteiger partial charge in [-0.15, -0.1) is 0 Å². The molecule has 126 valence electrons. The Morgan fingerprint density at radius 3 is 2.42 bits per heavy atom. The normalized spacial score (nSPS) is 19.7. The largest absolute Gasteiger partial charge is 0.345 e. The Kier molecular flexibility index (Phi) is 5.31. The molecule has 2 atom stereocenters. The first-order chi connectivity index (χ1) is 11.6. The van der Waals surface area contributed by atoms with E-state index >= 15 is 0 Å². The summed E-state index contributed by atoms with van der Waals surface area (Å²) in [6.07, 6.45) is 2.07. The minimum absolute atomic E-state index is 0.0837. The van der Waals surface area contributed by atoms with Gasteiger partial charge >= 0.3 is 0 Å². The average Bonchev–Trinajstić information content (AvgIpc) is 2.61. The molecule has 0 bridgehead atoms. The van der Waals surface area contributed by atoms with Crippen molar-refractivity contribution in [1.82, 2.24) is 10.2 Å². The zero-order chi connectivity index (χ0) is 16.9. The van der Waals surface area contributed by atoms with Gasteiger partial charge in [-0.05, 0) is 44.5 Å². The van der Waals surface area contributed by atoms with Crippen molar-refractivity contribution in [2.75, 3.05) is 20.1 Å². The van der Waals surface area contributed by atoms with Gasteiger partial charge in [0.25, 0.3) is 0 Å². The van der Waals surface area contributed by atoms with E-state index in [-0.39, 0.29) is 17.9 Å². The van der Waals surface area contributed by atoms with Crippen LogP contribution in [-0.4, -0.2) is 30.9 Å². The summed E-state index contributed by atoms with van der Waals surface area (Å²) < 4.78 is 0. The molecule has 0 saturated carbocycles. The third kappa shape index (κ3) is 4.04. The van der Waals surface area contributed by atoms with Gasteiger partial charge in [-0.25, -0.2) is 0 Å². The molecule has 24 heavy (non-hydrogen) atoms. The van der Waals surface area contributed by atoms with Crippen molar-refractivity contribution >= 4 is 5.91 Å². The van der Waals surface area contributed by atoms with E-state index in [0.717, 1.165) is 37.1 Å². The minimum atomic E-state index is -0.0912. The van der Waals surface area contributed by atoms with Crippen LogP contribution < -0.4 is 5.32 Å². The van der Waals surface area contributed by atoms with Gasteiger partial charge in [-0.1, -0.05) is 60.2 Å². The van der Waals surface area contributed by atoms with Gasteiger partial charge in [0.1, 0.15) is 0 Å². The van der Waals surface area contributed by atoms with Gasteiger partial charge in [-0.3, -0.25) is 4.79 Å². The number of benzene rings is 2. The second-order valence-electron chi connectivity index (χ2n) is 6.86. The van der Waals surface area contributed by atoms with Crippen LogP contribution >= 0.6 is 0 Å². The molecule has 0 aromatic heterocycles. The quantitative estimate of drug-likeness (QED) is 0.934. The summed E-state index contributed by atoms with van der Waals surface area (Å²) in [5, 5.41) is 3.29. The number of likely N-dealkylation sites (tertiary alicyclic amines) is 1. The van der Waals surface area contributed by atoms with E-state index in [1.54, 1.807) is 0 Å². The monoisotopic (exact) mass is 322 g/mol. The number of nitrogens with one attached hydrogen (secondary N) is 1. The molecule has 3 heteroatoms. The van der Waals surface area contributed by atoms with Crippen LogP contribution in [0.3, 0.4) is 0 Å². The van der Waals surface area contributed by atoms with Crippen molar-refractivity contribution < 1.29 is 4.79 Å². The lowest BCUT2D eigenvalue weighted by Gasteiger charge is -2.30. The lowest BCUT2D eigenvalue weighted by Crippen LogP contribution is -2.42. The number of amides is 1. The van der Waals surface area contributed by atoms with Crippen LogP contribution in [0, 0.1) is 12.8 Å². The molecule has 1 aliphatic heterocycles. The van der Waals surface area contributed by atoms with Crippen molar-refractivity contribution in [2.45, 2.75) is 25.8 Å². The lowest BCUT2D eigenvalue weighted by molar-refractivity contribution is -0.127. The van der Waals surface area contributed by atoms with Crippen molar-refractivity contribution in [3.63, 3.8) is 0 Å². The van der Waals surface area contributed by atoms with E-state index in [2.05, 4.69) is 60.6 Å². The maximum absolute atomic E-state index is 12.8.